The topological polar surface area (TPSA) is 38.7 Å². The highest BCUT2D eigenvalue weighted by molar-refractivity contribution is 4.98. The third-order valence-electron chi connectivity index (χ3n) is 6.10. The van der Waals surface area contributed by atoms with E-state index >= 15 is 0 Å². The van der Waals surface area contributed by atoms with Crippen molar-refractivity contribution >= 4 is 0 Å². The number of aliphatic hydroxyl groups is 1. The van der Waals surface area contributed by atoms with E-state index in [1.807, 2.05) is 0 Å². The lowest BCUT2D eigenvalue weighted by atomic mass is 9.72. The van der Waals surface area contributed by atoms with Crippen molar-refractivity contribution < 1.29 is 14.6 Å². The van der Waals surface area contributed by atoms with Gasteiger partial charge < -0.3 is 14.6 Å². The molecule has 0 aromatic carbocycles. The summed E-state index contributed by atoms with van der Waals surface area (Å²) in [7, 11) is 0. The van der Waals surface area contributed by atoms with Crippen molar-refractivity contribution in [3.8, 4) is 0 Å². The quantitative estimate of drug-likeness (QED) is 0.790. The van der Waals surface area contributed by atoms with Crippen molar-refractivity contribution in [2.75, 3.05) is 19.8 Å². The number of rotatable bonds is 2. The minimum absolute atomic E-state index is 0.0743. The van der Waals surface area contributed by atoms with Gasteiger partial charge in [0, 0.05) is 19.6 Å². The largest absolute Gasteiger partial charge is 0.390 e. The summed E-state index contributed by atoms with van der Waals surface area (Å²) in [6.45, 7) is 4.64. The fourth-order valence-electron chi connectivity index (χ4n) is 4.59. The summed E-state index contributed by atoms with van der Waals surface area (Å²) < 4.78 is 11.6. The van der Waals surface area contributed by atoms with Crippen LogP contribution in [-0.2, 0) is 9.47 Å². The van der Waals surface area contributed by atoms with Gasteiger partial charge in [-0.05, 0) is 43.9 Å². The van der Waals surface area contributed by atoms with E-state index in [9.17, 15) is 5.11 Å². The van der Waals surface area contributed by atoms with Crippen LogP contribution in [0.25, 0.3) is 0 Å². The van der Waals surface area contributed by atoms with Gasteiger partial charge in [-0.25, -0.2) is 0 Å². The molecule has 0 aromatic rings. The Bertz CT molecular complexity index is 324. The second-order valence-corrected chi connectivity index (χ2v) is 7.33. The first-order valence-corrected chi connectivity index (χ1v) is 8.60. The Kier molecular flexibility index (Phi) is 4.40. The van der Waals surface area contributed by atoms with E-state index in [1.54, 1.807) is 0 Å². The highest BCUT2D eigenvalue weighted by Gasteiger charge is 2.47. The molecular weight excluding hydrogens is 252 g/mol. The molecule has 4 atom stereocenters. The maximum Gasteiger partial charge on any atom is 0.0940 e. The molecule has 3 rings (SSSR count). The molecule has 3 nitrogen and oxygen atoms in total. The first-order valence-electron chi connectivity index (χ1n) is 8.60. The fraction of sp³-hybridized carbons (Fsp3) is 1.00. The van der Waals surface area contributed by atoms with Crippen LogP contribution in [0.2, 0.25) is 0 Å². The standard InChI is InChI=1S/C17H30O3/c1-2-14-4-3-7-17(18,8-5-14)15-6-10-20-16(12-15)9-11-19-13-16/h14-15,18H,2-13H2,1H3. The van der Waals surface area contributed by atoms with Gasteiger partial charge in [-0.3, -0.25) is 0 Å². The van der Waals surface area contributed by atoms with Crippen LogP contribution in [-0.4, -0.2) is 36.1 Å². The lowest BCUT2D eigenvalue weighted by Crippen LogP contribution is -2.48. The van der Waals surface area contributed by atoms with Crippen LogP contribution in [0.15, 0.2) is 0 Å². The van der Waals surface area contributed by atoms with E-state index in [1.165, 1.54) is 25.7 Å². The fourth-order valence-corrected chi connectivity index (χ4v) is 4.59. The number of hydrogen-bond acceptors (Lipinski definition) is 3. The lowest BCUT2D eigenvalue weighted by Gasteiger charge is -2.44. The second-order valence-electron chi connectivity index (χ2n) is 7.33. The molecule has 3 aliphatic rings. The molecule has 4 unspecified atom stereocenters. The molecule has 0 aromatic heterocycles. The zero-order valence-corrected chi connectivity index (χ0v) is 12.9. The third-order valence-corrected chi connectivity index (χ3v) is 6.10. The third kappa shape index (κ3) is 2.90. The molecule has 1 aliphatic carbocycles. The molecule has 0 amide bonds. The summed E-state index contributed by atoms with van der Waals surface area (Å²) in [5, 5.41) is 11.2. The lowest BCUT2D eigenvalue weighted by molar-refractivity contribution is -0.146. The van der Waals surface area contributed by atoms with Crippen molar-refractivity contribution in [2.45, 2.75) is 75.9 Å². The second kappa shape index (κ2) is 5.94. The molecule has 3 heteroatoms. The highest BCUT2D eigenvalue weighted by Crippen LogP contribution is 2.45. The van der Waals surface area contributed by atoms with Crippen molar-refractivity contribution in [1.82, 2.24) is 0 Å². The minimum Gasteiger partial charge on any atom is -0.390 e. The van der Waals surface area contributed by atoms with Gasteiger partial charge in [-0.2, -0.15) is 0 Å². The van der Waals surface area contributed by atoms with Crippen LogP contribution in [0.4, 0.5) is 0 Å². The van der Waals surface area contributed by atoms with Crippen LogP contribution in [0.5, 0.6) is 0 Å². The number of ether oxygens (including phenoxy) is 2. The predicted octanol–water partition coefficient (Wildman–Crippen LogP) is 3.29. The van der Waals surface area contributed by atoms with Gasteiger partial charge in [0.05, 0.1) is 17.8 Å². The monoisotopic (exact) mass is 282 g/mol. The van der Waals surface area contributed by atoms with Crippen molar-refractivity contribution in [2.24, 2.45) is 11.8 Å². The summed E-state index contributed by atoms with van der Waals surface area (Å²) in [6.07, 6.45) is 9.98. The highest BCUT2D eigenvalue weighted by atomic mass is 16.6. The summed E-state index contributed by atoms with van der Waals surface area (Å²) in [5.41, 5.74) is -0.515. The smallest absolute Gasteiger partial charge is 0.0940 e. The van der Waals surface area contributed by atoms with E-state index in [0.717, 1.165) is 57.8 Å². The molecule has 1 N–H and O–H groups in total. The van der Waals surface area contributed by atoms with Crippen molar-refractivity contribution in [1.29, 1.82) is 0 Å². The zero-order chi connectivity index (χ0) is 14.1. The molecule has 20 heavy (non-hydrogen) atoms. The van der Waals surface area contributed by atoms with E-state index < -0.39 is 5.60 Å². The Morgan fingerprint density at radius 3 is 2.75 bits per heavy atom. The maximum atomic E-state index is 11.2. The zero-order valence-electron chi connectivity index (χ0n) is 12.9. The van der Waals surface area contributed by atoms with E-state index in [-0.39, 0.29) is 5.60 Å². The molecular formula is C17H30O3. The van der Waals surface area contributed by atoms with Crippen molar-refractivity contribution in [3.05, 3.63) is 0 Å². The predicted molar refractivity (Wildman–Crippen MR) is 78.7 cm³/mol. The molecule has 2 aliphatic heterocycles. The molecule has 0 bridgehead atoms. The van der Waals surface area contributed by atoms with E-state index in [2.05, 4.69) is 6.92 Å². The molecule has 2 saturated heterocycles. The average molecular weight is 282 g/mol. The molecule has 3 fully saturated rings. The van der Waals surface area contributed by atoms with Crippen LogP contribution in [0.1, 0.15) is 64.7 Å². The van der Waals surface area contributed by atoms with Gasteiger partial charge in [-0.15, -0.1) is 0 Å². The molecule has 0 radical (unpaired) electrons. The Morgan fingerprint density at radius 2 is 2.00 bits per heavy atom. The van der Waals surface area contributed by atoms with Crippen LogP contribution in [0.3, 0.4) is 0 Å². The molecule has 2 heterocycles. The van der Waals surface area contributed by atoms with Gasteiger partial charge in [0.2, 0.25) is 0 Å². The van der Waals surface area contributed by atoms with Gasteiger partial charge in [0.25, 0.3) is 0 Å². The van der Waals surface area contributed by atoms with E-state index in [0.29, 0.717) is 5.92 Å². The summed E-state index contributed by atoms with van der Waals surface area (Å²) in [5.74, 6) is 1.24. The average Bonchev–Trinajstić information content (AvgIpc) is 2.80. The van der Waals surface area contributed by atoms with Crippen LogP contribution >= 0.6 is 0 Å². The van der Waals surface area contributed by atoms with Gasteiger partial charge >= 0.3 is 0 Å². The summed E-state index contributed by atoms with van der Waals surface area (Å²) >= 11 is 0. The summed E-state index contributed by atoms with van der Waals surface area (Å²) in [6, 6.07) is 0. The van der Waals surface area contributed by atoms with Gasteiger partial charge in [-0.1, -0.05) is 26.2 Å². The van der Waals surface area contributed by atoms with Crippen LogP contribution in [0, 0.1) is 11.8 Å². The normalized spacial score (nSPS) is 46.5. The maximum absolute atomic E-state index is 11.2. The Labute approximate surface area is 123 Å². The molecule has 116 valence electrons. The van der Waals surface area contributed by atoms with E-state index in [4.69, 9.17) is 9.47 Å². The number of hydrogen-bond donors (Lipinski definition) is 1. The van der Waals surface area contributed by atoms with Gasteiger partial charge in [0.1, 0.15) is 0 Å². The SMILES string of the molecule is CCC1CCCC(O)(C2CCOC3(CCOC3)C2)CC1. The summed E-state index contributed by atoms with van der Waals surface area (Å²) in [4.78, 5) is 0. The van der Waals surface area contributed by atoms with Crippen LogP contribution < -0.4 is 0 Å². The Balaban J connectivity index is 1.67. The van der Waals surface area contributed by atoms with Crippen molar-refractivity contribution in [3.63, 3.8) is 0 Å². The first kappa shape index (κ1) is 14.8. The van der Waals surface area contributed by atoms with Gasteiger partial charge in [0.15, 0.2) is 0 Å². The molecule has 1 spiro atoms. The first-order chi connectivity index (χ1) is 9.66. The Hall–Kier alpha value is -0.120. The molecule has 1 saturated carbocycles. The minimum atomic E-state index is -0.441. The Morgan fingerprint density at radius 1 is 1.10 bits per heavy atom.